The molecule has 2 aromatic heterocycles. The summed E-state index contributed by atoms with van der Waals surface area (Å²) in [6.07, 6.45) is 0. The van der Waals surface area contributed by atoms with Crippen molar-refractivity contribution < 1.29 is 19.2 Å². The fourth-order valence-electron chi connectivity index (χ4n) is 2.79. The second-order valence-corrected chi connectivity index (χ2v) is 8.40. The number of ether oxygens (including phenoxy) is 2. The third-order valence-corrected chi connectivity index (χ3v) is 6.09. The molecule has 0 spiro atoms. The molecule has 4 aromatic rings. The van der Waals surface area contributed by atoms with Gasteiger partial charge < -0.3 is 9.47 Å². The van der Waals surface area contributed by atoms with Gasteiger partial charge in [0.05, 0.1) is 16.4 Å². The molecule has 1 amide bonds. The van der Waals surface area contributed by atoms with Crippen LogP contribution in [0.5, 0.6) is 16.6 Å². The Morgan fingerprint density at radius 3 is 2.44 bits per heavy atom. The van der Waals surface area contributed by atoms with Crippen LogP contribution in [0.15, 0.2) is 66.7 Å². The van der Waals surface area contributed by atoms with Crippen LogP contribution in [-0.2, 0) is 0 Å². The number of anilines is 1. The molecule has 0 saturated carbocycles. The Kier molecular flexibility index (Phi) is 6.43. The zero-order chi connectivity index (χ0) is 22.5. The maximum Gasteiger partial charge on any atom is 0.324 e. The number of nitrogens with one attached hydrogen (secondary N) is 1. The van der Waals surface area contributed by atoms with Crippen molar-refractivity contribution in [3.63, 3.8) is 0 Å². The molecule has 0 aliphatic carbocycles. The summed E-state index contributed by atoms with van der Waals surface area (Å²) in [6, 6.07) is 19.4. The summed E-state index contributed by atoms with van der Waals surface area (Å²) in [5.41, 5.74) is 1.36. The van der Waals surface area contributed by atoms with E-state index < -0.39 is 10.8 Å². The fourth-order valence-corrected chi connectivity index (χ4v) is 4.36. The van der Waals surface area contributed by atoms with Gasteiger partial charge in [-0.15, -0.1) is 0 Å². The van der Waals surface area contributed by atoms with Gasteiger partial charge in [-0.2, -0.15) is 0 Å². The number of para-hydroxylation sites is 1. The molecule has 4 rings (SSSR count). The lowest BCUT2D eigenvalue weighted by Gasteiger charge is -2.06. The van der Waals surface area contributed by atoms with Crippen molar-refractivity contribution in [2.75, 3.05) is 11.9 Å². The van der Waals surface area contributed by atoms with Crippen LogP contribution in [0.4, 0.5) is 10.1 Å². The van der Waals surface area contributed by atoms with Gasteiger partial charge in [0.15, 0.2) is 5.13 Å². The number of thiazole rings is 1. The predicted molar refractivity (Wildman–Crippen MR) is 124 cm³/mol. The van der Waals surface area contributed by atoms with Crippen molar-refractivity contribution in [1.29, 1.82) is 0 Å². The highest BCUT2D eigenvalue weighted by molar-refractivity contribution is 7.19. The van der Waals surface area contributed by atoms with E-state index in [1.165, 1.54) is 23.5 Å². The van der Waals surface area contributed by atoms with Gasteiger partial charge in [-0.3, -0.25) is 20.2 Å². The summed E-state index contributed by atoms with van der Waals surface area (Å²) in [6.45, 7) is 2.48. The molecule has 162 valence electrons. The molecular weight excluding hydrogens is 450 g/mol. The van der Waals surface area contributed by atoms with E-state index in [9.17, 15) is 14.9 Å². The SMILES string of the molecule is CCOc1ccc(-c2nc(NC(=O)c3ccc([N+](=O)[O-])s3)sc2Oc2ccccc2)cc1. The number of carbonyl (C=O) groups is 1. The topological polar surface area (TPSA) is 104 Å². The van der Waals surface area contributed by atoms with Gasteiger partial charge in [-0.05, 0) is 49.4 Å². The summed E-state index contributed by atoms with van der Waals surface area (Å²) in [4.78, 5) is 27.7. The third kappa shape index (κ3) is 4.93. The molecule has 0 radical (unpaired) electrons. The minimum atomic E-state index is -0.527. The Bertz CT molecular complexity index is 1240. The van der Waals surface area contributed by atoms with E-state index in [0.29, 0.717) is 28.2 Å². The number of hydrogen-bond acceptors (Lipinski definition) is 8. The molecule has 0 aliphatic heterocycles. The first-order chi connectivity index (χ1) is 15.5. The first kappa shape index (κ1) is 21.5. The molecule has 0 fully saturated rings. The van der Waals surface area contributed by atoms with Gasteiger partial charge in [-0.25, -0.2) is 4.98 Å². The lowest BCUT2D eigenvalue weighted by atomic mass is 10.1. The largest absolute Gasteiger partial charge is 0.494 e. The first-order valence-electron chi connectivity index (χ1n) is 9.56. The quantitative estimate of drug-likeness (QED) is 0.244. The molecule has 32 heavy (non-hydrogen) atoms. The van der Waals surface area contributed by atoms with Gasteiger partial charge in [0.1, 0.15) is 17.2 Å². The van der Waals surface area contributed by atoms with E-state index in [-0.39, 0.29) is 9.88 Å². The van der Waals surface area contributed by atoms with Crippen LogP contribution >= 0.6 is 22.7 Å². The van der Waals surface area contributed by atoms with Crippen LogP contribution in [0, 0.1) is 10.1 Å². The number of benzene rings is 2. The maximum absolute atomic E-state index is 12.6. The maximum atomic E-state index is 12.6. The average molecular weight is 468 g/mol. The Morgan fingerprint density at radius 2 is 1.78 bits per heavy atom. The summed E-state index contributed by atoms with van der Waals surface area (Å²) < 4.78 is 11.5. The Hall–Kier alpha value is -3.76. The molecule has 8 nitrogen and oxygen atoms in total. The van der Waals surface area contributed by atoms with Crippen LogP contribution in [0.1, 0.15) is 16.6 Å². The average Bonchev–Trinajstić information content (AvgIpc) is 3.43. The van der Waals surface area contributed by atoms with Gasteiger partial charge >= 0.3 is 5.00 Å². The molecule has 10 heteroatoms. The molecule has 2 heterocycles. The zero-order valence-corrected chi connectivity index (χ0v) is 18.4. The standard InChI is InChI=1S/C22H17N3O5S2/c1-2-29-15-10-8-14(9-11-15)19-21(30-16-6-4-3-5-7-16)32-22(23-19)24-20(26)17-12-13-18(31-17)25(27)28/h3-13H,2H2,1H3,(H,23,24,26). The Labute approximate surface area is 191 Å². The van der Waals surface area contributed by atoms with Crippen molar-refractivity contribution in [3.8, 4) is 27.8 Å². The van der Waals surface area contributed by atoms with Crippen molar-refractivity contribution >= 4 is 38.7 Å². The van der Waals surface area contributed by atoms with Crippen molar-refractivity contribution in [1.82, 2.24) is 4.98 Å². The van der Waals surface area contributed by atoms with Crippen molar-refractivity contribution in [2.45, 2.75) is 6.92 Å². The van der Waals surface area contributed by atoms with Crippen molar-refractivity contribution in [3.05, 3.63) is 81.7 Å². The molecular formula is C22H17N3O5S2. The highest BCUT2D eigenvalue weighted by Gasteiger charge is 2.20. The van der Waals surface area contributed by atoms with E-state index in [2.05, 4.69) is 10.3 Å². The number of thiophene rings is 1. The monoisotopic (exact) mass is 467 g/mol. The summed E-state index contributed by atoms with van der Waals surface area (Å²) >= 11 is 1.98. The Morgan fingerprint density at radius 1 is 1.03 bits per heavy atom. The van der Waals surface area contributed by atoms with E-state index in [1.807, 2.05) is 61.5 Å². The smallest absolute Gasteiger partial charge is 0.324 e. The van der Waals surface area contributed by atoms with E-state index in [1.54, 1.807) is 0 Å². The normalized spacial score (nSPS) is 10.5. The number of rotatable bonds is 8. The molecule has 0 aliphatic rings. The number of hydrogen-bond donors (Lipinski definition) is 1. The second-order valence-electron chi connectivity index (χ2n) is 6.38. The predicted octanol–water partition coefficient (Wildman–Crippen LogP) is 6.22. The van der Waals surface area contributed by atoms with Gasteiger partial charge in [0.2, 0.25) is 5.06 Å². The summed E-state index contributed by atoms with van der Waals surface area (Å²) in [7, 11) is 0. The van der Waals surface area contributed by atoms with E-state index >= 15 is 0 Å². The van der Waals surface area contributed by atoms with Gasteiger partial charge in [0.25, 0.3) is 5.91 Å². The van der Waals surface area contributed by atoms with Crippen LogP contribution in [-0.4, -0.2) is 22.4 Å². The molecule has 1 N–H and O–H groups in total. The van der Waals surface area contributed by atoms with Crippen LogP contribution in [0.2, 0.25) is 0 Å². The highest BCUT2D eigenvalue weighted by atomic mass is 32.1. The molecule has 0 saturated heterocycles. The van der Waals surface area contributed by atoms with Crippen LogP contribution < -0.4 is 14.8 Å². The third-order valence-electron chi connectivity index (χ3n) is 4.20. The fraction of sp³-hybridized carbons (Fsp3) is 0.0909. The lowest BCUT2D eigenvalue weighted by molar-refractivity contribution is -0.380. The van der Waals surface area contributed by atoms with Crippen LogP contribution in [0.25, 0.3) is 11.3 Å². The van der Waals surface area contributed by atoms with E-state index in [0.717, 1.165) is 22.6 Å². The number of nitro groups is 1. The van der Waals surface area contributed by atoms with E-state index in [4.69, 9.17) is 9.47 Å². The molecule has 0 unspecified atom stereocenters. The Balaban J connectivity index is 1.63. The highest BCUT2D eigenvalue weighted by Crippen LogP contribution is 2.41. The number of carbonyl (C=O) groups excluding carboxylic acids is 1. The number of amides is 1. The second kappa shape index (κ2) is 9.58. The molecule has 0 atom stereocenters. The molecule has 0 bridgehead atoms. The van der Waals surface area contributed by atoms with Gasteiger partial charge in [-0.1, -0.05) is 40.9 Å². The summed E-state index contributed by atoms with van der Waals surface area (Å²) in [5.74, 6) is 0.904. The first-order valence-corrected chi connectivity index (χ1v) is 11.2. The lowest BCUT2D eigenvalue weighted by Crippen LogP contribution is -2.09. The van der Waals surface area contributed by atoms with Crippen LogP contribution in [0.3, 0.4) is 0 Å². The summed E-state index contributed by atoms with van der Waals surface area (Å²) in [5, 5.41) is 14.3. The molecule has 2 aromatic carbocycles. The minimum absolute atomic E-state index is 0.0996. The zero-order valence-electron chi connectivity index (χ0n) is 16.8. The minimum Gasteiger partial charge on any atom is -0.494 e. The number of aromatic nitrogens is 1. The van der Waals surface area contributed by atoms with Gasteiger partial charge in [0, 0.05) is 11.6 Å². The van der Waals surface area contributed by atoms with Crippen molar-refractivity contribution in [2.24, 2.45) is 0 Å². The number of nitrogens with zero attached hydrogens (tertiary/aromatic N) is 2.